The third-order valence-electron chi connectivity index (χ3n) is 2.77. The van der Waals surface area contributed by atoms with Gasteiger partial charge in [0.15, 0.2) is 11.6 Å². The van der Waals surface area contributed by atoms with Crippen LogP contribution in [0.5, 0.6) is 5.75 Å². The number of hydrogen-bond donors (Lipinski definition) is 1. The molecule has 0 fully saturated rings. The fourth-order valence-corrected chi connectivity index (χ4v) is 2.49. The zero-order valence-electron chi connectivity index (χ0n) is 10.8. The number of ether oxygens (including phenoxy) is 1. The van der Waals surface area contributed by atoms with Gasteiger partial charge >= 0.3 is 5.97 Å². The van der Waals surface area contributed by atoms with E-state index in [-0.39, 0.29) is 28.5 Å². The molecule has 1 heterocycles. The Bertz CT molecular complexity index is 713. The summed E-state index contributed by atoms with van der Waals surface area (Å²) in [7, 11) is 0. The van der Waals surface area contributed by atoms with Gasteiger partial charge < -0.3 is 9.84 Å². The lowest BCUT2D eigenvalue weighted by Crippen LogP contribution is -2.03. The molecule has 21 heavy (non-hydrogen) atoms. The molecule has 110 valence electrons. The molecule has 0 saturated carbocycles. The first kappa shape index (κ1) is 14.9. The summed E-state index contributed by atoms with van der Waals surface area (Å²) in [6.07, 6.45) is 0. The zero-order valence-corrected chi connectivity index (χ0v) is 11.6. The van der Waals surface area contributed by atoms with Crippen molar-refractivity contribution in [3.05, 3.63) is 55.5 Å². The number of carboxylic acids is 1. The van der Waals surface area contributed by atoms with Crippen molar-refractivity contribution in [1.82, 2.24) is 0 Å². The van der Waals surface area contributed by atoms with Crippen LogP contribution in [0.25, 0.3) is 0 Å². The Labute approximate surface area is 122 Å². The lowest BCUT2D eigenvalue weighted by molar-refractivity contribution is -0.385. The molecule has 1 aromatic carbocycles. The Morgan fingerprint density at radius 3 is 2.86 bits per heavy atom. The lowest BCUT2D eigenvalue weighted by Gasteiger charge is -2.08. The van der Waals surface area contributed by atoms with Crippen LogP contribution in [0.1, 0.15) is 20.8 Å². The maximum absolute atomic E-state index is 13.7. The Morgan fingerprint density at radius 2 is 2.24 bits per heavy atom. The van der Waals surface area contributed by atoms with Gasteiger partial charge in [-0.25, -0.2) is 9.18 Å². The molecule has 0 amide bonds. The van der Waals surface area contributed by atoms with E-state index >= 15 is 0 Å². The molecule has 6 nitrogen and oxygen atoms in total. The Kier molecular flexibility index (Phi) is 4.18. The topological polar surface area (TPSA) is 89.7 Å². The second kappa shape index (κ2) is 5.88. The van der Waals surface area contributed by atoms with Crippen molar-refractivity contribution < 1.29 is 24.0 Å². The number of hydrogen-bond acceptors (Lipinski definition) is 5. The Morgan fingerprint density at radius 1 is 1.52 bits per heavy atom. The molecule has 1 aromatic heterocycles. The van der Waals surface area contributed by atoms with Crippen LogP contribution in [0.3, 0.4) is 0 Å². The van der Waals surface area contributed by atoms with Gasteiger partial charge in [0, 0.05) is 11.1 Å². The zero-order chi connectivity index (χ0) is 15.6. The van der Waals surface area contributed by atoms with Crippen molar-refractivity contribution in [2.24, 2.45) is 0 Å². The number of halogens is 1. The number of rotatable bonds is 5. The molecule has 0 radical (unpaired) electrons. The summed E-state index contributed by atoms with van der Waals surface area (Å²) < 4.78 is 19.0. The van der Waals surface area contributed by atoms with Gasteiger partial charge in [0.2, 0.25) is 0 Å². The number of aryl methyl sites for hydroxylation is 1. The summed E-state index contributed by atoms with van der Waals surface area (Å²) in [4.78, 5) is 21.1. The molecule has 2 aromatic rings. The highest BCUT2D eigenvalue weighted by Gasteiger charge is 2.17. The van der Waals surface area contributed by atoms with Crippen LogP contribution in [-0.2, 0) is 6.61 Å². The van der Waals surface area contributed by atoms with E-state index in [1.807, 2.05) is 0 Å². The van der Waals surface area contributed by atoms with Crippen LogP contribution in [0.4, 0.5) is 10.1 Å². The van der Waals surface area contributed by atoms with Crippen LogP contribution in [0, 0.1) is 22.9 Å². The maximum Gasteiger partial charge on any atom is 0.346 e. The Balaban J connectivity index is 2.21. The third-order valence-corrected chi connectivity index (χ3v) is 3.72. The summed E-state index contributed by atoms with van der Waals surface area (Å²) in [5, 5.41) is 21.2. The minimum Gasteiger partial charge on any atom is -0.486 e. The summed E-state index contributed by atoms with van der Waals surface area (Å²) in [5.41, 5.74) is 0.352. The van der Waals surface area contributed by atoms with Crippen molar-refractivity contribution >= 4 is 23.0 Å². The number of nitro benzene ring substituents is 1. The van der Waals surface area contributed by atoms with Crippen molar-refractivity contribution in [2.75, 3.05) is 0 Å². The standard InChI is InChI=1S/C13H10FNO5S/c1-7-4-11(9(14)5-10(7)15(18)19)20-6-8-2-3-21-12(8)13(16)17/h2-5H,6H2,1H3,(H,16,17). The average Bonchev–Trinajstić information content (AvgIpc) is 2.87. The molecule has 0 aliphatic rings. The summed E-state index contributed by atoms with van der Waals surface area (Å²) in [6.45, 7) is 1.34. The molecule has 2 rings (SSSR count). The van der Waals surface area contributed by atoms with Gasteiger partial charge in [-0.05, 0) is 24.4 Å². The van der Waals surface area contributed by atoms with Gasteiger partial charge in [-0.1, -0.05) is 0 Å². The molecule has 1 N–H and O–H groups in total. The number of carbonyl (C=O) groups is 1. The molecular formula is C13H10FNO5S. The van der Waals surface area contributed by atoms with Gasteiger partial charge in [0.1, 0.15) is 11.5 Å². The first-order valence-electron chi connectivity index (χ1n) is 5.77. The number of nitro groups is 1. The number of benzene rings is 1. The van der Waals surface area contributed by atoms with Crippen LogP contribution >= 0.6 is 11.3 Å². The molecule has 0 unspecified atom stereocenters. The highest BCUT2D eigenvalue weighted by atomic mass is 32.1. The third kappa shape index (κ3) is 3.16. The largest absolute Gasteiger partial charge is 0.486 e. The van der Waals surface area contributed by atoms with E-state index in [2.05, 4.69) is 0 Å². The van der Waals surface area contributed by atoms with Gasteiger partial charge in [0.05, 0.1) is 11.0 Å². The SMILES string of the molecule is Cc1cc(OCc2ccsc2C(=O)O)c(F)cc1[N+](=O)[O-]. The van der Waals surface area contributed by atoms with E-state index in [1.54, 1.807) is 11.4 Å². The predicted molar refractivity (Wildman–Crippen MR) is 73.4 cm³/mol. The van der Waals surface area contributed by atoms with E-state index in [9.17, 15) is 19.3 Å². The molecule has 8 heteroatoms. The van der Waals surface area contributed by atoms with Crippen molar-refractivity contribution in [3.63, 3.8) is 0 Å². The minimum atomic E-state index is -1.08. The van der Waals surface area contributed by atoms with Gasteiger partial charge in [-0.15, -0.1) is 11.3 Å². The lowest BCUT2D eigenvalue weighted by atomic mass is 10.2. The quantitative estimate of drug-likeness (QED) is 0.675. The highest BCUT2D eigenvalue weighted by molar-refractivity contribution is 7.12. The highest BCUT2D eigenvalue weighted by Crippen LogP contribution is 2.28. The number of thiophene rings is 1. The summed E-state index contributed by atoms with van der Waals surface area (Å²) in [5.74, 6) is -2.09. The fourth-order valence-electron chi connectivity index (χ4n) is 1.74. The van der Waals surface area contributed by atoms with Gasteiger partial charge in [-0.2, -0.15) is 0 Å². The fraction of sp³-hybridized carbons (Fsp3) is 0.154. The van der Waals surface area contributed by atoms with E-state index < -0.39 is 16.7 Å². The molecule has 0 aliphatic carbocycles. The second-order valence-electron chi connectivity index (χ2n) is 4.20. The predicted octanol–water partition coefficient (Wildman–Crippen LogP) is 3.38. The van der Waals surface area contributed by atoms with Gasteiger partial charge in [-0.3, -0.25) is 10.1 Å². The second-order valence-corrected chi connectivity index (χ2v) is 5.11. The number of aromatic carboxylic acids is 1. The maximum atomic E-state index is 13.7. The molecule has 0 bridgehead atoms. The Hall–Kier alpha value is -2.48. The van der Waals surface area contributed by atoms with Crippen LogP contribution < -0.4 is 4.74 Å². The number of carboxylic acid groups (broad SMARTS) is 1. The monoisotopic (exact) mass is 311 g/mol. The van der Waals surface area contributed by atoms with E-state index in [0.717, 1.165) is 17.4 Å². The van der Waals surface area contributed by atoms with Crippen molar-refractivity contribution in [1.29, 1.82) is 0 Å². The molecule has 0 spiro atoms. The van der Waals surface area contributed by atoms with Crippen LogP contribution in [-0.4, -0.2) is 16.0 Å². The molecule has 0 saturated heterocycles. The van der Waals surface area contributed by atoms with Crippen molar-refractivity contribution in [3.8, 4) is 5.75 Å². The summed E-state index contributed by atoms with van der Waals surface area (Å²) in [6, 6.07) is 3.58. The average molecular weight is 311 g/mol. The van der Waals surface area contributed by atoms with E-state index in [0.29, 0.717) is 5.56 Å². The molecule has 0 atom stereocenters. The molecular weight excluding hydrogens is 301 g/mol. The van der Waals surface area contributed by atoms with E-state index in [4.69, 9.17) is 9.84 Å². The van der Waals surface area contributed by atoms with Crippen molar-refractivity contribution in [2.45, 2.75) is 13.5 Å². The molecule has 0 aliphatic heterocycles. The normalized spacial score (nSPS) is 10.4. The first-order chi connectivity index (χ1) is 9.90. The number of nitrogens with zero attached hydrogens (tertiary/aromatic N) is 1. The summed E-state index contributed by atoms with van der Waals surface area (Å²) >= 11 is 1.04. The smallest absolute Gasteiger partial charge is 0.346 e. The minimum absolute atomic E-state index is 0.119. The van der Waals surface area contributed by atoms with Crippen LogP contribution in [0.2, 0.25) is 0 Å². The van der Waals surface area contributed by atoms with Gasteiger partial charge in [0.25, 0.3) is 5.69 Å². The first-order valence-corrected chi connectivity index (χ1v) is 6.65. The van der Waals surface area contributed by atoms with Crippen LogP contribution in [0.15, 0.2) is 23.6 Å². The van der Waals surface area contributed by atoms with E-state index in [1.165, 1.54) is 13.0 Å².